The molecule has 0 heterocycles. The molecule has 0 aromatic heterocycles. The first kappa shape index (κ1) is 16.9. The van der Waals surface area contributed by atoms with Crippen molar-refractivity contribution in [3.8, 4) is 0 Å². The summed E-state index contributed by atoms with van der Waals surface area (Å²) >= 11 is 3.10. The molecule has 0 unspecified atom stereocenters. The van der Waals surface area contributed by atoms with Gasteiger partial charge in [-0.15, -0.1) is 0 Å². The van der Waals surface area contributed by atoms with E-state index in [4.69, 9.17) is 15.2 Å². The van der Waals surface area contributed by atoms with Gasteiger partial charge in [-0.05, 0) is 40.4 Å². The van der Waals surface area contributed by atoms with Crippen LogP contribution in [0, 0.1) is 11.7 Å². The van der Waals surface area contributed by atoms with E-state index in [1.54, 1.807) is 0 Å². The maximum atomic E-state index is 13.2. The van der Waals surface area contributed by atoms with E-state index >= 15 is 0 Å². The molecule has 4 nitrogen and oxygen atoms in total. The molecule has 0 saturated carbocycles. The fourth-order valence-corrected chi connectivity index (χ4v) is 1.89. The molecule has 0 bridgehead atoms. The van der Waals surface area contributed by atoms with Gasteiger partial charge >= 0.3 is 5.97 Å². The first-order valence-electron chi connectivity index (χ1n) is 6.41. The van der Waals surface area contributed by atoms with Crippen molar-refractivity contribution < 1.29 is 18.7 Å². The second kappa shape index (κ2) is 8.21. The summed E-state index contributed by atoms with van der Waals surface area (Å²) in [6, 6.07) is 2.40. The van der Waals surface area contributed by atoms with E-state index in [9.17, 15) is 9.18 Å². The predicted molar refractivity (Wildman–Crippen MR) is 79.1 cm³/mol. The summed E-state index contributed by atoms with van der Waals surface area (Å²) in [5, 5.41) is 0. The van der Waals surface area contributed by atoms with Crippen molar-refractivity contribution in [2.45, 2.75) is 20.3 Å². The number of hydrogen-bond acceptors (Lipinski definition) is 4. The fourth-order valence-electron chi connectivity index (χ4n) is 1.41. The van der Waals surface area contributed by atoms with Gasteiger partial charge in [-0.25, -0.2) is 9.18 Å². The lowest BCUT2D eigenvalue weighted by Gasteiger charge is -2.09. The first-order chi connectivity index (χ1) is 9.41. The van der Waals surface area contributed by atoms with E-state index in [2.05, 4.69) is 29.8 Å². The maximum Gasteiger partial charge on any atom is 0.339 e. The van der Waals surface area contributed by atoms with E-state index in [1.165, 1.54) is 6.07 Å². The van der Waals surface area contributed by atoms with E-state index < -0.39 is 11.8 Å². The van der Waals surface area contributed by atoms with Gasteiger partial charge in [0, 0.05) is 11.1 Å². The third-order valence-electron chi connectivity index (χ3n) is 2.61. The molecule has 0 amide bonds. The third-order valence-corrected chi connectivity index (χ3v) is 3.26. The molecule has 1 rings (SSSR count). The highest BCUT2D eigenvalue weighted by Gasteiger charge is 2.14. The molecular formula is C14H19BrFNO3. The van der Waals surface area contributed by atoms with Gasteiger partial charge in [-0.1, -0.05) is 13.8 Å². The lowest BCUT2D eigenvalue weighted by Crippen LogP contribution is -2.13. The lowest BCUT2D eigenvalue weighted by molar-refractivity contribution is 0.0302. The summed E-state index contributed by atoms with van der Waals surface area (Å²) in [5.74, 6) is -0.558. The number of halogens is 2. The van der Waals surface area contributed by atoms with E-state index in [0.717, 1.165) is 12.5 Å². The van der Waals surface area contributed by atoms with Crippen LogP contribution in [-0.2, 0) is 9.47 Å². The minimum atomic E-state index is -0.578. The highest BCUT2D eigenvalue weighted by molar-refractivity contribution is 9.10. The zero-order chi connectivity index (χ0) is 15.1. The van der Waals surface area contributed by atoms with Crippen molar-refractivity contribution >= 4 is 27.6 Å². The molecule has 0 saturated heterocycles. The van der Waals surface area contributed by atoms with Gasteiger partial charge in [0.25, 0.3) is 0 Å². The minimum absolute atomic E-state index is 0.0895. The average molecular weight is 348 g/mol. The number of rotatable bonds is 7. The molecule has 1 aromatic carbocycles. The van der Waals surface area contributed by atoms with Crippen molar-refractivity contribution in [2.75, 3.05) is 25.6 Å². The Morgan fingerprint density at radius 3 is 2.70 bits per heavy atom. The molecule has 2 N–H and O–H groups in total. The lowest BCUT2D eigenvalue weighted by atomic mass is 10.1. The number of esters is 1. The summed E-state index contributed by atoms with van der Waals surface area (Å²) in [7, 11) is 0. The maximum absolute atomic E-state index is 13.2. The number of anilines is 1. The van der Waals surface area contributed by atoms with Crippen molar-refractivity contribution in [1.29, 1.82) is 0 Å². The van der Waals surface area contributed by atoms with Crippen LogP contribution >= 0.6 is 15.9 Å². The average Bonchev–Trinajstić information content (AvgIpc) is 2.37. The highest BCUT2D eigenvalue weighted by Crippen LogP contribution is 2.23. The Morgan fingerprint density at radius 1 is 1.35 bits per heavy atom. The first-order valence-corrected chi connectivity index (χ1v) is 7.20. The zero-order valence-corrected chi connectivity index (χ0v) is 13.2. The third kappa shape index (κ3) is 5.46. The Kier molecular flexibility index (Phi) is 6.95. The van der Waals surface area contributed by atoms with Crippen molar-refractivity contribution in [1.82, 2.24) is 0 Å². The Balaban J connectivity index is 2.38. The second-order valence-electron chi connectivity index (χ2n) is 4.78. The number of carbonyl (C=O) groups excluding carboxylic acids is 1. The molecule has 0 aliphatic heterocycles. The van der Waals surface area contributed by atoms with Gasteiger partial charge < -0.3 is 15.2 Å². The predicted octanol–water partition coefficient (Wildman–Crippen LogP) is 3.39. The Morgan fingerprint density at radius 2 is 2.05 bits per heavy atom. The number of nitrogens with two attached hydrogens (primary N) is 1. The largest absolute Gasteiger partial charge is 0.460 e. The number of nitrogen functional groups attached to an aromatic ring is 1. The normalized spacial score (nSPS) is 10.8. The molecule has 6 heteroatoms. The van der Waals surface area contributed by atoms with Gasteiger partial charge in [0.15, 0.2) is 0 Å². The van der Waals surface area contributed by atoms with Gasteiger partial charge in [-0.2, -0.15) is 0 Å². The summed E-state index contributed by atoms with van der Waals surface area (Å²) < 4.78 is 23.8. The van der Waals surface area contributed by atoms with Gasteiger partial charge in [0.05, 0.1) is 17.9 Å². The topological polar surface area (TPSA) is 61.5 Å². The van der Waals surface area contributed by atoms with Gasteiger partial charge in [-0.3, -0.25) is 0 Å². The summed E-state index contributed by atoms with van der Waals surface area (Å²) in [6.07, 6.45) is 0.966. The number of carbonyl (C=O) groups is 1. The van der Waals surface area contributed by atoms with Crippen LogP contribution in [0.25, 0.3) is 0 Å². The number of ether oxygens (including phenoxy) is 2. The summed E-state index contributed by atoms with van der Waals surface area (Å²) in [4.78, 5) is 11.8. The van der Waals surface area contributed by atoms with E-state index in [0.29, 0.717) is 23.6 Å². The SMILES string of the molecule is CC(C)CCOCCOC(=O)c1cc(N)c(F)cc1Br. The van der Waals surface area contributed by atoms with Gasteiger partial charge in [0.2, 0.25) is 0 Å². The highest BCUT2D eigenvalue weighted by atomic mass is 79.9. The molecule has 0 atom stereocenters. The second-order valence-corrected chi connectivity index (χ2v) is 5.64. The van der Waals surface area contributed by atoms with E-state index in [-0.39, 0.29) is 17.9 Å². The molecule has 0 radical (unpaired) electrons. The Hall–Kier alpha value is -1.14. The van der Waals surface area contributed by atoms with Crippen molar-refractivity contribution in [2.24, 2.45) is 5.92 Å². The number of benzene rings is 1. The van der Waals surface area contributed by atoms with Crippen LogP contribution in [0.1, 0.15) is 30.6 Å². The quantitative estimate of drug-likeness (QED) is 0.466. The van der Waals surface area contributed by atoms with Crippen molar-refractivity contribution in [3.05, 3.63) is 28.0 Å². The summed E-state index contributed by atoms with van der Waals surface area (Å²) in [5.41, 5.74) is 5.53. The molecule has 0 aliphatic carbocycles. The molecule has 20 heavy (non-hydrogen) atoms. The number of hydrogen-bond donors (Lipinski definition) is 1. The molecule has 1 aromatic rings. The molecular weight excluding hydrogens is 329 g/mol. The van der Waals surface area contributed by atoms with Crippen LogP contribution in [-0.4, -0.2) is 25.8 Å². The molecule has 0 aliphatic rings. The Bertz CT molecular complexity index is 466. The molecule has 112 valence electrons. The fraction of sp³-hybridized carbons (Fsp3) is 0.500. The molecule has 0 fully saturated rings. The van der Waals surface area contributed by atoms with Crippen molar-refractivity contribution in [3.63, 3.8) is 0 Å². The standard InChI is InChI=1S/C14H19BrFNO3/c1-9(2)3-4-19-5-6-20-14(18)10-7-13(17)12(16)8-11(10)15/h7-9H,3-6,17H2,1-2H3. The van der Waals surface area contributed by atoms with Gasteiger partial charge in [0.1, 0.15) is 12.4 Å². The van der Waals surface area contributed by atoms with Crippen LogP contribution in [0.2, 0.25) is 0 Å². The monoisotopic (exact) mass is 347 g/mol. The van der Waals surface area contributed by atoms with E-state index in [1.807, 2.05) is 0 Å². The Labute approximate surface area is 126 Å². The van der Waals surface area contributed by atoms with Crippen LogP contribution in [0.3, 0.4) is 0 Å². The smallest absolute Gasteiger partial charge is 0.339 e. The summed E-state index contributed by atoms with van der Waals surface area (Å²) in [6.45, 7) is 5.36. The van der Waals surface area contributed by atoms with Crippen LogP contribution in [0.5, 0.6) is 0 Å². The van der Waals surface area contributed by atoms with Crippen LogP contribution in [0.4, 0.5) is 10.1 Å². The zero-order valence-electron chi connectivity index (χ0n) is 11.6. The van der Waals surface area contributed by atoms with Crippen LogP contribution in [0.15, 0.2) is 16.6 Å². The molecule has 0 spiro atoms. The van der Waals surface area contributed by atoms with Crippen LogP contribution < -0.4 is 5.73 Å². The minimum Gasteiger partial charge on any atom is -0.460 e.